The highest BCUT2D eigenvalue weighted by Gasteiger charge is 2.29. The minimum atomic E-state index is -3.45. The van der Waals surface area contributed by atoms with Gasteiger partial charge < -0.3 is 15.8 Å². The normalized spacial score (nSPS) is 15.2. The van der Waals surface area contributed by atoms with Crippen LogP contribution in [-0.2, 0) is 14.8 Å². The fourth-order valence-electron chi connectivity index (χ4n) is 1.77. The van der Waals surface area contributed by atoms with E-state index in [1.165, 1.54) is 0 Å². The molecule has 0 atom stereocenters. The fourth-order valence-corrected chi connectivity index (χ4v) is 3.26. The van der Waals surface area contributed by atoms with Gasteiger partial charge in [-0.2, -0.15) is 0 Å². The van der Waals surface area contributed by atoms with E-state index in [0.29, 0.717) is 32.0 Å². The minimum absolute atomic E-state index is 0.0981. The molecule has 2 rings (SSSR count). The molecule has 0 spiro atoms. The first-order valence-electron chi connectivity index (χ1n) is 6.76. The maximum absolute atomic E-state index is 12.2. The van der Waals surface area contributed by atoms with Crippen molar-refractivity contribution in [3.8, 4) is 0 Å². The molecule has 1 fully saturated rings. The minimum Gasteiger partial charge on any atom is -0.382 e. The molecule has 1 saturated carbocycles. The van der Waals surface area contributed by atoms with Crippen LogP contribution in [0, 0.1) is 0 Å². The number of para-hydroxylation sites is 1. The van der Waals surface area contributed by atoms with Gasteiger partial charge in [0.15, 0.2) is 0 Å². The predicted molar refractivity (Wildman–Crippen MR) is 78.1 cm³/mol. The lowest BCUT2D eigenvalue weighted by atomic mass is 10.3. The smallest absolute Gasteiger partial charge is 0.242 e. The molecule has 112 valence electrons. The fraction of sp³-hybridized carbons (Fsp3) is 0.538. The Morgan fingerprint density at radius 1 is 1.25 bits per heavy atom. The summed E-state index contributed by atoms with van der Waals surface area (Å²) in [6, 6.07) is 6.98. The summed E-state index contributed by atoms with van der Waals surface area (Å²) < 4.78 is 32.4. The van der Waals surface area contributed by atoms with Crippen molar-refractivity contribution in [2.24, 2.45) is 5.73 Å². The zero-order valence-electron chi connectivity index (χ0n) is 11.3. The summed E-state index contributed by atoms with van der Waals surface area (Å²) in [5.41, 5.74) is 5.92. The van der Waals surface area contributed by atoms with Crippen molar-refractivity contribution in [3.05, 3.63) is 24.3 Å². The van der Waals surface area contributed by atoms with E-state index in [-0.39, 0.29) is 10.9 Å². The Morgan fingerprint density at radius 2 is 2.00 bits per heavy atom. The average Bonchev–Trinajstić information content (AvgIpc) is 3.22. The van der Waals surface area contributed by atoms with Crippen LogP contribution in [0.1, 0.15) is 12.8 Å². The highest BCUT2D eigenvalue weighted by Crippen LogP contribution is 2.25. The molecule has 0 saturated heterocycles. The summed E-state index contributed by atoms with van der Waals surface area (Å²) in [6.45, 7) is 2.01. The lowest BCUT2D eigenvalue weighted by molar-refractivity contribution is 0.151. The van der Waals surface area contributed by atoms with Crippen LogP contribution in [0.25, 0.3) is 0 Å². The number of nitrogens with two attached hydrogens (primary N) is 1. The number of hydrogen-bond donors (Lipinski definition) is 3. The van der Waals surface area contributed by atoms with Crippen LogP contribution in [0.2, 0.25) is 0 Å². The van der Waals surface area contributed by atoms with E-state index >= 15 is 0 Å². The molecule has 0 aromatic heterocycles. The van der Waals surface area contributed by atoms with Crippen LogP contribution < -0.4 is 15.8 Å². The molecule has 0 radical (unpaired) electrons. The second kappa shape index (κ2) is 7.03. The van der Waals surface area contributed by atoms with E-state index < -0.39 is 10.0 Å². The third kappa shape index (κ3) is 4.45. The maximum atomic E-state index is 12.2. The molecule has 1 aliphatic carbocycles. The quantitative estimate of drug-likeness (QED) is 0.578. The van der Waals surface area contributed by atoms with Crippen molar-refractivity contribution in [1.29, 1.82) is 0 Å². The highest BCUT2D eigenvalue weighted by atomic mass is 32.2. The Balaban J connectivity index is 1.98. The van der Waals surface area contributed by atoms with Crippen molar-refractivity contribution in [2.45, 2.75) is 23.8 Å². The average molecular weight is 299 g/mol. The SMILES string of the molecule is NCCOCCNc1ccccc1S(=O)(=O)NC1CC1. The molecule has 4 N–H and O–H groups in total. The highest BCUT2D eigenvalue weighted by molar-refractivity contribution is 7.89. The topological polar surface area (TPSA) is 93.4 Å². The molecule has 20 heavy (non-hydrogen) atoms. The van der Waals surface area contributed by atoms with Gasteiger partial charge in [0, 0.05) is 19.1 Å². The van der Waals surface area contributed by atoms with Crippen molar-refractivity contribution in [2.75, 3.05) is 31.6 Å². The zero-order valence-corrected chi connectivity index (χ0v) is 12.2. The van der Waals surface area contributed by atoms with Crippen LogP contribution in [0.4, 0.5) is 5.69 Å². The monoisotopic (exact) mass is 299 g/mol. The van der Waals surface area contributed by atoms with Crippen molar-refractivity contribution in [1.82, 2.24) is 4.72 Å². The standard InChI is InChI=1S/C13H21N3O3S/c14-7-9-19-10-8-15-12-3-1-2-4-13(12)20(17,18)16-11-5-6-11/h1-4,11,15-16H,5-10,14H2. The largest absolute Gasteiger partial charge is 0.382 e. The first kappa shape index (κ1) is 15.2. The molecule has 1 aliphatic rings. The van der Waals surface area contributed by atoms with Gasteiger partial charge >= 0.3 is 0 Å². The molecule has 6 nitrogen and oxygen atoms in total. The number of ether oxygens (including phenoxy) is 1. The number of benzene rings is 1. The van der Waals surface area contributed by atoms with E-state index in [1.54, 1.807) is 24.3 Å². The van der Waals surface area contributed by atoms with E-state index in [9.17, 15) is 8.42 Å². The van der Waals surface area contributed by atoms with Crippen molar-refractivity contribution < 1.29 is 13.2 Å². The van der Waals surface area contributed by atoms with Crippen LogP contribution in [-0.4, -0.2) is 40.8 Å². The summed E-state index contributed by atoms with van der Waals surface area (Å²) >= 11 is 0. The first-order valence-corrected chi connectivity index (χ1v) is 8.25. The molecular weight excluding hydrogens is 278 g/mol. The van der Waals surface area contributed by atoms with Gasteiger partial charge in [0.05, 0.1) is 18.9 Å². The summed E-state index contributed by atoms with van der Waals surface area (Å²) in [4.78, 5) is 0.283. The first-order chi connectivity index (χ1) is 9.63. The Bertz CT molecular complexity index is 529. The van der Waals surface area contributed by atoms with Crippen LogP contribution in [0.5, 0.6) is 0 Å². The number of anilines is 1. The molecule has 7 heteroatoms. The molecule has 0 bridgehead atoms. The van der Waals surface area contributed by atoms with Crippen LogP contribution in [0.3, 0.4) is 0 Å². The number of hydrogen-bond acceptors (Lipinski definition) is 5. The Hall–Kier alpha value is -1.15. The second-order valence-electron chi connectivity index (χ2n) is 4.72. The van der Waals surface area contributed by atoms with Gasteiger partial charge in [0.2, 0.25) is 10.0 Å². The van der Waals surface area contributed by atoms with Gasteiger partial charge in [-0.3, -0.25) is 0 Å². The van der Waals surface area contributed by atoms with Gasteiger partial charge in [-0.15, -0.1) is 0 Å². The van der Waals surface area contributed by atoms with E-state index in [1.807, 2.05) is 0 Å². The molecule has 0 aliphatic heterocycles. The summed E-state index contributed by atoms with van der Waals surface area (Å²) in [5.74, 6) is 0. The lowest BCUT2D eigenvalue weighted by Crippen LogP contribution is -2.26. The lowest BCUT2D eigenvalue weighted by Gasteiger charge is -2.13. The number of nitrogens with one attached hydrogen (secondary N) is 2. The van der Waals surface area contributed by atoms with Crippen LogP contribution >= 0.6 is 0 Å². The molecule has 1 aromatic rings. The van der Waals surface area contributed by atoms with E-state index in [0.717, 1.165) is 12.8 Å². The number of sulfonamides is 1. The molecule has 0 heterocycles. The second-order valence-corrected chi connectivity index (χ2v) is 6.40. The van der Waals surface area contributed by atoms with Gasteiger partial charge in [0.25, 0.3) is 0 Å². The van der Waals surface area contributed by atoms with Gasteiger partial charge in [-0.25, -0.2) is 13.1 Å². The van der Waals surface area contributed by atoms with Crippen molar-refractivity contribution in [3.63, 3.8) is 0 Å². The van der Waals surface area contributed by atoms with E-state index in [4.69, 9.17) is 10.5 Å². The third-order valence-electron chi connectivity index (χ3n) is 2.90. The van der Waals surface area contributed by atoms with Gasteiger partial charge in [-0.1, -0.05) is 12.1 Å². The molecule has 1 aromatic carbocycles. The molecule has 0 unspecified atom stereocenters. The third-order valence-corrected chi connectivity index (χ3v) is 4.48. The Labute approximate surface area is 119 Å². The predicted octanol–water partition coefficient (Wildman–Crippen LogP) is 0.514. The maximum Gasteiger partial charge on any atom is 0.242 e. The van der Waals surface area contributed by atoms with Gasteiger partial charge in [0.1, 0.15) is 4.90 Å². The Morgan fingerprint density at radius 3 is 2.70 bits per heavy atom. The number of rotatable bonds is 9. The molecular formula is C13H21N3O3S. The van der Waals surface area contributed by atoms with E-state index in [2.05, 4.69) is 10.0 Å². The summed E-state index contributed by atoms with van der Waals surface area (Å²) in [5, 5.41) is 3.09. The van der Waals surface area contributed by atoms with Gasteiger partial charge in [-0.05, 0) is 25.0 Å². The van der Waals surface area contributed by atoms with Crippen LogP contribution in [0.15, 0.2) is 29.2 Å². The zero-order chi connectivity index (χ0) is 14.4. The Kier molecular flexibility index (Phi) is 5.36. The summed E-state index contributed by atoms with van der Waals surface area (Å²) in [6.07, 6.45) is 1.84. The van der Waals surface area contributed by atoms with Crippen molar-refractivity contribution >= 4 is 15.7 Å². The summed E-state index contributed by atoms with van der Waals surface area (Å²) in [7, 11) is -3.45. The molecule has 0 amide bonds.